The van der Waals surface area contributed by atoms with Crippen LogP contribution in [0.1, 0.15) is 38.7 Å². The number of benzene rings is 1. The van der Waals surface area contributed by atoms with E-state index in [-0.39, 0.29) is 18.3 Å². The Kier molecular flexibility index (Phi) is 5.59. The molecule has 1 atom stereocenters. The third-order valence-corrected chi connectivity index (χ3v) is 6.59. The summed E-state index contributed by atoms with van der Waals surface area (Å²) in [4.78, 5) is 0. The lowest BCUT2D eigenvalue weighted by Crippen LogP contribution is -2.31. The molecule has 3 nitrogen and oxygen atoms in total. The fourth-order valence-corrected chi connectivity index (χ4v) is 3.57. The van der Waals surface area contributed by atoms with Crippen molar-refractivity contribution in [3.63, 3.8) is 0 Å². The molecule has 0 heterocycles. The number of sulfone groups is 1. The first kappa shape index (κ1) is 16.7. The Bertz CT molecular complexity index is 518. The third-order valence-electron chi connectivity index (χ3n) is 3.23. The van der Waals surface area contributed by atoms with Gasteiger partial charge in [-0.05, 0) is 38.8 Å². The molecule has 1 aromatic carbocycles. The molecular formula is C14H21BrO3S. The quantitative estimate of drug-likeness (QED) is 0.889. The van der Waals surface area contributed by atoms with Crippen LogP contribution in [0.3, 0.4) is 0 Å². The van der Waals surface area contributed by atoms with Gasteiger partial charge in [-0.2, -0.15) is 0 Å². The highest BCUT2D eigenvalue weighted by Gasteiger charge is 2.29. The molecule has 0 saturated heterocycles. The summed E-state index contributed by atoms with van der Waals surface area (Å²) >= 11 is 3.44. The standard InChI is InChI=1S/C14H21BrO3S/c1-14(2,3)19(17,18)9-8-11(10-16)12-6-4-5-7-13(12)15/h4-7,11,16H,8-10H2,1-3H3. The summed E-state index contributed by atoms with van der Waals surface area (Å²) in [5, 5.41) is 9.49. The lowest BCUT2D eigenvalue weighted by Gasteiger charge is -2.22. The third kappa shape index (κ3) is 4.29. The summed E-state index contributed by atoms with van der Waals surface area (Å²) in [6, 6.07) is 7.60. The van der Waals surface area contributed by atoms with E-state index in [4.69, 9.17) is 0 Å². The molecule has 19 heavy (non-hydrogen) atoms. The molecule has 0 bridgehead atoms. The van der Waals surface area contributed by atoms with Crippen molar-refractivity contribution in [2.45, 2.75) is 37.9 Å². The van der Waals surface area contributed by atoms with Crippen LogP contribution in [0.2, 0.25) is 0 Å². The Labute approximate surface area is 124 Å². The molecule has 0 aliphatic heterocycles. The topological polar surface area (TPSA) is 54.4 Å². The van der Waals surface area contributed by atoms with Gasteiger partial charge < -0.3 is 5.11 Å². The van der Waals surface area contributed by atoms with E-state index in [1.54, 1.807) is 20.8 Å². The van der Waals surface area contributed by atoms with Crippen molar-refractivity contribution in [2.24, 2.45) is 0 Å². The maximum Gasteiger partial charge on any atom is 0.155 e. The first-order chi connectivity index (χ1) is 8.69. The van der Waals surface area contributed by atoms with Crippen LogP contribution < -0.4 is 0 Å². The SMILES string of the molecule is CC(C)(C)S(=O)(=O)CCC(CO)c1ccccc1Br. The zero-order valence-electron chi connectivity index (χ0n) is 11.6. The van der Waals surface area contributed by atoms with Crippen LogP contribution >= 0.6 is 15.9 Å². The van der Waals surface area contributed by atoms with Crippen LogP contribution in [0.4, 0.5) is 0 Å². The van der Waals surface area contributed by atoms with Gasteiger partial charge in [-0.3, -0.25) is 0 Å². The van der Waals surface area contributed by atoms with E-state index in [1.807, 2.05) is 24.3 Å². The highest BCUT2D eigenvalue weighted by atomic mass is 79.9. The summed E-state index contributed by atoms with van der Waals surface area (Å²) < 4.78 is 24.3. The van der Waals surface area contributed by atoms with Crippen LogP contribution in [0.15, 0.2) is 28.7 Å². The van der Waals surface area contributed by atoms with Gasteiger partial charge in [0.2, 0.25) is 0 Å². The maximum atomic E-state index is 12.1. The van der Waals surface area contributed by atoms with Crippen LogP contribution in [0.25, 0.3) is 0 Å². The highest BCUT2D eigenvalue weighted by molar-refractivity contribution is 9.10. The molecule has 0 aliphatic rings. The molecule has 1 unspecified atom stereocenters. The van der Waals surface area contributed by atoms with E-state index in [2.05, 4.69) is 15.9 Å². The van der Waals surface area contributed by atoms with Crippen molar-refractivity contribution in [2.75, 3.05) is 12.4 Å². The van der Waals surface area contributed by atoms with E-state index in [0.717, 1.165) is 10.0 Å². The predicted octanol–water partition coefficient (Wildman–Crippen LogP) is 3.13. The maximum absolute atomic E-state index is 12.1. The lowest BCUT2D eigenvalue weighted by atomic mass is 9.98. The molecule has 5 heteroatoms. The van der Waals surface area contributed by atoms with Crippen molar-refractivity contribution in [1.82, 2.24) is 0 Å². The van der Waals surface area contributed by atoms with E-state index in [0.29, 0.717) is 6.42 Å². The molecule has 108 valence electrons. The van der Waals surface area contributed by atoms with E-state index in [1.165, 1.54) is 0 Å². The fourth-order valence-electron chi connectivity index (χ4n) is 1.75. The van der Waals surface area contributed by atoms with Gasteiger partial charge in [0, 0.05) is 17.0 Å². The van der Waals surface area contributed by atoms with Gasteiger partial charge in [-0.1, -0.05) is 34.1 Å². The molecule has 0 fully saturated rings. The number of aliphatic hydroxyl groups excluding tert-OH is 1. The second kappa shape index (κ2) is 6.37. The van der Waals surface area contributed by atoms with Crippen LogP contribution in [-0.2, 0) is 9.84 Å². The van der Waals surface area contributed by atoms with Crippen molar-refractivity contribution in [1.29, 1.82) is 0 Å². The average Bonchev–Trinajstić information content (AvgIpc) is 2.30. The highest BCUT2D eigenvalue weighted by Crippen LogP contribution is 2.28. The Morgan fingerprint density at radius 3 is 2.32 bits per heavy atom. The van der Waals surface area contributed by atoms with Crippen molar-refractivity contribution >= 4 is 25.8 Å². The minimum atomic E-state index is -3.15. The molecule has 0 amide bonds. The molecule has 1 rings (SSSR count). The first-order valence-electron chi connectivity index (χ1n) is 6.26. The number of rotatable bonds is 5. The molecule has 0 radical (unpaired) electrons. The smallest absolute Gasteiger partial charge is 0.155 e. The molecular weight excluding hydrogens is 328 g/mol. The van der Waals surface area contributed by atoms with Gasteiger partial charge in [0.05, 0.1) is 10.5 Å². The van der Waals surface area contributed by atoms with Crippen molar-refractivity contribution in [3.8, 4) is 0 Å². The zero-order chi connectivity index (χ0) is 14.7. The lowest BCUT2D eigenvalue weighted by molar-refractivity contribution is 0.262. The molecule has 0 aromatic heterocycles. The molecule has 1 aromatic rings. The molecule has 1 N–H and O–H groups in total. The number of hydrogen-bond acceptors (Lipinski definition) is 3. The molecule has 0 spiro atoms. The van der Waals surface area contributed by atoms with Gasteiger partial charge in [-0.25, -0.2) is 8.42 Å². The Morgan fingerprint density at radius 2 is 1.84 bits per heavy atom. The Balaban J connectivity index is 2.84. The summed E-state index contributed by atoms with van der Waals surface area (Å²) in [6.45, 7) is 5.06. The van der Waals surface area contributed by atoms with Gasteiger partial charge in [0.15, 0.2) is 9.84 Å². The van der Waals surface area contributed by atoms with Crippen LogP contribution in [0.5, 0.6) is 0 Å². The van der Waals surface area contributed by atoms with E-state index < -0.39 is 14.6 Å². The van der Waals surface area contributed by atoms with Crippen LogP contribution in [-0.4, -0.2) is 30.6 Å². The largest absolute Gasteiger partial charge is 0.396 e. The van der Waals surface area contributed by atoms with Crippen molar-refractivity contribution in [3.05, 3.63) is 34.3 Å². The number of halogens is 1. The summed E-state index contributed by atoms with van der Waals surface area (Å²) in [7, 11) is -3.15. The number of aliphatic hydroxyl groups is 1. The molecule has 0 saturated carbocycles. The second-order valence-corrected chi connectivity index (χ2v) is 9.34. The van der Waals surface area contributed by atoms with Gasteiger partial charge in [0.1, 0.15) is 0 Å². The number of hydrogen-bond donors (Lipinski definition) is 1. The fraction of sp³-hybridized carbons (Fsp3) is 0.571. The average molecular weight is 349 g/mol. The van der Waals surface area contributed by atoms with Gasteiger partial charge in [0.25, 0.3) is 0 Å². The minimum Gasteiger partial charge on any atom is -0.396 e. The summed E-state index contributed by atoms with van der Waals surface area (Å²) in [5.41, 5.74) is 0.953. The summed E-state index contributed by atoms with van der Waals surface area (Å²) in [6.07, 6.45) is 0.429. The minimum absolute atomic E-state index is 0.0533. The van der Waals surface area contributed by atoms with Gasteiger partial charge >= 0.3 is 0 Å². The van der Waals surface area contributed by atoms with Gasteiger partial charge in [-0.15, -0.1) is 0 Å². The summed E-state index contributed by atoms with van der Waals surface area (Å²) in [5.74, 6) is -0.0732. The Hall–Kier alpha value is -0.390. The first-order valence-corrected chi connectivity index (χ1v) is 8.71. The van der Waals surface area contributed by atoms with E-state index in [9.17, 15) is 13.5 Å². The van der Waals surface area contributed by atoms with Crippen molar-refractivity contribution < 1.29 is 13.5 Å². The molecule has 0 aliphatic carbocycles. The predicted molar refractivity (Wildman–Crippen MR) is 82.1 cm³/mol. The van der Waals surface area contributed by atoms with Crippen LogP contribution in [0, 0.1) is 0 Å². The second-order valence-electron chi connectivity index (χ2n) is 5.62. The normalized spacial score (nSPS) is 14.4. The Morgan fingerprint density at radius 1 is 1.26 bits per heavy atom. The zero-order valence-corrected chi connectivity index (χ0v) is 14.0. The van der Waals surface area contributed by atoms with E-state index >= 15 is 0 Å². The monoisotopic (exact) mass is 348 g/mol.